The first-order valence-electron chi connectivity index (χ1n) is 12.9. The number of hydrogen-bond acceptors (Lipinski definition) is 7. The topological polar surface area (TPSA) is 147 Å². The number of allylic oxidation sites excluding steroid dienone is 2. The number of para-hydroxylation sites is 1. The molecule has 6 amide bonds. The van der Waals surface area contributed by atoms with Gasteiger partial charge in [-0.25, -0.2) is 9.69 Å². The van der Waals surface area contributed by atoms with Crippen LogP contribution in [0.1, 0.15) is 31.2 Å². The number of carbonyl (C=O) groups is 5. The number of ether oxygens (including phenoxy) is 1. The first-order valence-corrected chi connectivity index (χ1v) is 13.3. The molecule has 1 saturated carbocycles. The predicted octanol–water partition coefficient (Wildman–Crippen LogP) is 3.36. The lowest BCUT2D eigenvalue weighted by Crippen LogP contribution is -2.49. The van der Waals surface area contributed by atoms with Crippen LogP contribution in [0.3, 0.4) is 0 Å². The molecule has 40 heavy (non-hydrogen) atoms. The van der Waals surface area contributed by atoms with E-state index in [-0.39, 0.29) is 29.4 Å². The van der Waals surface area contributed by atoms with Gasteiger partial charge in [0.25, 0.3) is 0 Å². The average Bonchev–Trinajstić information content (AvgIpc) is 3.30. The fourth-order valence-electron chi connectivity index (χ4n) is 7.35. The van der Waals surface area contributed by atoms with Crippen molar-refractivity contribution in [3.8, 4) is 11.5 Å². The molecule has 2 heterocycles. The third-order valence-electron chi connectivity index (χ3n) is 9.11. The Kier molecular flexibility index (Phi) is 5.81. The number of nitrogens with two attached hydrogens (primary N) is 1. The molecule has 4 aliphatic rings. The van der Waals surface area contributed by atoms with Crippen LogP contribution in [0.5, 0.6) is 11.5 Å². The van der Waals surface area contributed by atoms with Gasteiger partial charge in [0.2, 0.25) is 23.6 Å². The van der Waals surface area contributed by atoms with Crippen molar-refractivity contribution in [2.75, 3.05) is 12.0 Å². The van der Waals surface area contributed by atoms with Crippen molar-refractivity contribution in [3.05, 3.63) is 64.7 Å². The molecule has 3 fully saturated rings. The van der Waals surface area contributed by atoms with Crippen LogP contribution in [-0.2, 0) is 19.2 Å². The van der Waals surface area contributed by atoms with Gasteiger partial charge < -0.3 is 15.6 Å². The molecular formula is C29H26ClN3O7. The van der Waals surface area contributed by atoms with Crippen molar-refractivity contribution >= 4 is 46.9 Å². The zero-order valence-electron chi connectivity index (χ0n) is 21.7. The Morgan fingerprint density at radius 1 is 1.07 bits per heavy atom. The minimum Gasteiger partial charge on any atom is -0.503 e. The summed E-state index contributed by atoms with van der Waals surface area (Å²) < 4.78 is 5.34. The summed E-state index contributed by atoms with van der Waals surface area (Å²) in [6, 6.07) is 10.6. The van der Waals surface area contributed by atoms with Gasteiger partial charge in [-0.1, -0.05) is 41.4 Å². The van der Waals surface area contributed by atoms with Crippen LogP contribution in [0.2, 0.25) is 5.02 Å². The zero-order valence-corrected chi connectivity index (χ0v) is 22.4. The van der Waals surface area contributed by atoms with Gasteiger partial charge in [-0.3, -0.25) is 19.2 Å². The monoisotopic (exact) mass is 563 g/mol. The first kappa shape index (κ1) is 26.1. The molecule has 206 valence electrons. The number of benzene rings is 2. The van der Waals surface area contributed by atoms with Crippen LogP contribution in [0.4, 0.5) is 10.5 Å². The number of nitrogens with zero attached hydrogens (tertiary/aromatic N) is 2. The lowest BCUT2D eigenvalue weighted by molar-refractivity contribution is -0.136. The molecule has 0 bridgehead atoms. The number of carbonyl (C=O) groups excluding carboxylic acids is 5. The summed E-state index contributed by atoms with van der Waals surface area (Å²) in [5.74, 6) is -6.28. The standard InChI is InChI=1S/C29H26ClN3O7/c1-29-18(25(36)32(27(29)38)14-6-4-3-5-7-14)12-17-15(22(29)13-10-19(30)23(34)20(11-13)40-2)8-9-16-21(17)26(37)33(24(16)35)28(31)39/h3-8,10-11,16-18,21-22,34H,9,12H2,1-2H3,(H2,31,39)/t16-,17+,18-,21-,22-,29+/m0/s1. The highest BCUT2D eigenvalue weighted by Crippen LogP contribution is 2.64. The number of imide groups is 4. The number of rotatable bonds is 3. The third-order valence-corrected chi connectivity index (χ3v) is 9.40. The minimum absolute atomic E-state index is 0.00498. The van der Waals surface area contributed by atoms with E-state index < -0.39 is 64.7 Å². The number of anilines is 1. The van der Waals surface area contributed by atoms with Crippen molar-refractivity contribution in [3.63, 3.8) is 0 Å². The molecule has 2 aliphatic carbocycles. The van der Waals surface area contributed by atoms with Crippen LogP contribution in [0, 0.1) is 29.1 Å². The van der Waals surface area contributed by atoms with Gasteiger partial charge in [-0.2, -0.15) is 4.90 Å². The maximum atomic E-state index is 14.3. The van der Waals surface area contributed by atoms with E-state index in [4.69, 9.17) is 22.1 Å². The van der Waals surface area contributed by atoms with Crippen molar-refractivity contribution in [1.82, 2.24) is 4.90 Å². The summed E-state index contributed by atoms with van der Waals surface area (Å²) in [5, 5.41) is 10.4. The van der Waals surface area contributed by atoms with Crippen molar-refractivity contribution in [2.45, 2.75) is 25.7 Å². The first-order chi connectivity index (χ1) is 19.0. The Bertz CT molecular complexity index is 1540. The quantitative estimate of drug-likeness (QED) is 0.430. The van der Waals surface area contributed by atoms with Crippen LogP contribution in [-0.4, -0.2) is 46.8 Å². The number of hydrogen-bond donors (Lipinski definition) is 2. The zero-order chi connectivity index (χ0) is 28.7. The van der Waals surface area contributed by atoms with E-state index >= 15 is 0 Å². The highest BCUT2D eigenvalue weighted by molar-refractivity contribution is 6.32. The molecule has 2 aromatic carbocycles. The molecule has 0 aromatic heterocycles. The lowest BCUT2D eigenvalue weighted by atomic mass is 9.51. The molecule has 2 aromatic rings. The van der Waals surface area contributed by atoms with Crippen molar-refractivity contribution < 1.29 is 33.8 Å². The number of phenols is 1. The van der Waals surface area contributed by atoms with Crippen LogP contribution in [0.25, 0.3) is 0 Å². The summed E-state index contributed by atoms with van der Waals surface area (Å²) in [4.78, 5) is 68.5. The van der Waals surface area contributed by atoms with Gasteiger partial charge in [-0.05, 0) is 55.5 Å². The van der Waals surface area contributed by atoms with Crippen LogP contribution >= 0.6 is 11.6 Å². The molecule has 3 N–H and O–H groups in total. The van der Waals surface area contributed by atoms with E-state index in [1.165, 1.54) is 18.1 Å². The van der Waals surface area contributed by atoms with E-state index in [2.05, 4.69) is 0 Å². The molecule has 6 atom stereocenters. The molecule has 11 heteroatoms. The number of methoxy groups -OCH3 is 1. The maximum absolute atomic E-state index is 14.3. The maximum Gasteiger partial charge on any atom is 0.328 e. The van der Waals surface area contributed by atoms with Crippen molar-refractivity contribution in [1.29, 1.82) is 0 Å². The number of halogens is 1. The summed E-state index contributed by atoms with van der Waals surface area (Å²) >= 11 is 6.39. The fourth-order valence-corrected chi connectivity index (χ4v) is 7.57. The number of urea groups is 1. The number of primary amides is 1. The summed E-state index contributed by atoms with van der Waals surface area (Å²) in [6.45, 7) is 1.74. The number of fused-ring (bicyclic) bond motifs is 4. The highest BCUT2D eigenvalue weighted by atomic mass is 35.5. The average molecular weight is 564 g/mol. The summed E-state index contributed by atoms with van der Waals surface area (Å²) in [7, 11) is 1.37. The van der Waals surface area contributed by atoms with Gasteiger partial charge in [-0.15, -0.1) is 0 Å². The Labute approximate surface area is 234 Å². The Hall–Kier alpha value is -4.18. The number of amides is 6. The van der Waals surface area contributed by atoms with E-state index in [0.717, 1.165) is 0 Å². The third kappa shape index (κ3) is 3.32. The Morgan fingerprint density at radius 3 is 2.42 bits per heavy atom. The second kappa shape index (κ2) is 8.92. The summed E-state index contributed by atoms with van der Waals surface area (Å²) in [5.41, 5.74) is 5.73. The molecule has 2 aliphatic heterocycles. The lowest BCUT2D eigenvalue weighted by Gasteiger charge is -2.49. The number of likely N-dealkylation sites (tertiary alicyclic amines) is 1. The molecule has 0 spiro atoms. The normalized spacial score (nSPS) is 31.1. The molecule has 10 nitrogen and oxygen atoms in total. The second-order valence-electron chi connectivity index (χ2n) is 10.9. The molecule has 0 unspecified atom stereocenters. The van der Waals surface area contributed by atoms with E-state index in [1.54, 1.807) is 43.3 Å². The SMILES string of the molecule is COc1cc([C@H]2C3=CC[C@@H]4C(=O)N(C(N)=O)C(=O)[C@@H]4[C@@H]3C[C@H]3C(=O)N(c4ccccc4)C(=O)[C@@]23C)cc(Cl)c1O. The van der Waals surface area contributed by atoms with Crippen molar-refractivity contribution in [2.24, 2.45) is 34.8 Å². The number of aromatic hydroxyl groups is 1. The molecule has 2 saturated heterocycles. The smallest absolute Gasteiger partial charge is 0.328 e. The van der Waals surface area contributed by atoms with Gasteiger partial charge >= 0.3 is 6.03 Å². The highest BCUT2D eigenvalue weighted by Gasteiger charge is 2.68. The van der Waals surface area contributed by atoms with E-state index in [1.807, 2.05) is 6.08 Å². The van der Waals surface area contributed by atoms with Gasteiger partial charge in [0, 0.05) is 5.92 Å². The van der Waals surface area contributed by atoms with E-state index in [9.17, 15) is 29.1 Å². The fraction of sp³-hybridized carbons (Fsp3) is 0.345. The largest absolute Gasteiger partial charge is 0.503 e. The van der Waals surface area contributed by atoms with Gasteiger partial charge in [0.05, 0.1) is 41.0 Å². The Balaban J connectivity index is 1.56. The van der Waals surface area contributed by atoms with E-state index in [0.29, 0.717) is 21.7 Å². The van der Waals surface area contributed by atoms with Crippen LogP contribution in [0.15, 0.2) is 54.1 Å². The molecule has 0 radical (unpaired) electrons. The van der Waals surface area contributed by atoms with Gasteiger partial charge in [0.15, 0.2) is 11.5 Å². The van der Waals surface area contributed by atoms with Crippen LogP contribution < -0.4 is 15.4 Å². The minimum atomic E-state index is -1.29. The predicted molar refractivity (Wildman–Crippen MR) is 142 cm³/mol. The Morgan fingerprint density at radius 2 is 1.77 bits per heavy atom. The molecule has 6 rings (SSSR count). The van der Waals surface area contributed by atoms with Gasteiger partial charge in [0.1, 0.15) is 0 Å². The number of phenolic OH excluding ortho intramolecular Hbond substituents is 1. The second-order valence-corrected chi connectivity index (χ2v) is 11.3. The summed E-state index contributed by atoms with van der Waals surface area (Å²) in [6.07, 6.45) is 2.13. The molecular weight excluding hydrogens is 538 g/mol.